The van der Waals surface area contributed by atoms with E-state index in [-0.39, 0.29) is 22.9 Å². The fourth-order valence-corrected chi connectivity index (χ4v) is 4.80. The number of rotatable bonds is 6. The number of carbonyl (C=O) groups excluding carboxylic acids is 1. The van der Waals surface area contributed by atoms with Gasteiger partial charge in [0.25, 0.3) is 0 Å². The number of hydrogen-bond donors (Lipinski definition) is 1. The van der Waals surface area contributed by atoms with Gasteiger partial charge in [0.1, 0.15) is 10.4 Å². The van der Waals surface area contributed by atoms with Gasteiger partial charge >= 0.3 is 0 Å². The van der Waals surface area contributed by atoms with Crippen molar-refractivity contribution in [3.63, 3.8) is 0 Å². The van der Waals surface area contributed by atoms with E-state index in [1.165, 1.54) is 11.6 Å². The number of hydrogen-bond acceptors (Lipinski definition) is 6. The number of likely N-dealkylation sites (tertiary alicyclic amines) is 1. The molecule has 1 amide bonds. The van der Waals surface area contributed by atoms with Crippen molar-refractivity contribution in [1.29, 1.82) is 0 Å². The topological polar surface area (TPSA) is 105 Å². The second kappa shape index (κ2) is 8.30. The van der Waals surface area contributed by atoms with E-state index >= 15 is 0 Å². The smallest absolute Gasteiger partial charge is 0.243 e. The average molecular weight is 414 g/mol. The summed E-state index contributed by atoms with van der Waals surface area (Å²) >= 11 is 0. The standard InChI is InChI=1S/C20H22N4O4S/c25-19(24-11-9-16(10-12-24)13-15-5-2-1-3-6-15)14-21-29(26,27)18-8-4-7-17-20(18)23-28-22-17/h1-8,16,21H,9-14H2. The number of aromatic nitrogens is 2. The van der Waals surface area contributed by atoms with Crippen molar-refractivity contribution in [1.82, 2.24) is 19.9 Å². The van der Waals surface area contributed by atoms with E-state index in [2.05, 4.69) is 31.8 Å². The van der Waals surface area contributed by atoms with Crippen LogP contribution in [0.4, 0.5) is 0 Å². The highest BCUT2D eigenvalue weighted by Crippen LogP contribution is 2.22. The Hall–Kier alpha value is -2.78. The third-order valence-corrected chi connectivity index (χ3v) is 6.72. The number of sulfonamides is 1. The molecule has 1 fully saturated rings. The first-order valence-electron chi connectivity index (χ1n) is 9.55. The maximum absolute atomic E-state index is 12.6. The molecule has 1 aliphatic heterocycles. The van der Waals surface area contributed by atoms with Crippen LogP contribution in [0.5, 0.6) is 0 Å². The molecule has 0 atom stereocenters. The number of piperidine rings is 1. The van der Waals surface area contributed by atoms with E-state index in [1.807, 2.05) is 18.2 Å². The highest BCUT2D eigenvalue weighted by Gasteiger charge is 2.25. The predicted octanol–water partition coefficient (Wildman–Crippen LogP) is 1.98. The van der Waals surface area contributed by atoms with E-state index in [4.69, 9.17) is 0 Å². The normalized spacial score (nSPS) is 15.7. The van der Waals surface area contributed by atoms with Crippen LogP contribution in [0.2, 0.25) is 0 Å². The van der Waals surface area contributed by atoms with Crippen molar-refractivity contribution < 1.29 is 17.8 Å². The third kappa shape index (κ3) is 4.46. The Morgan fingerprint density at radius 3 is 2.59 bits per heavy atom. The first kappa shape index (κ1) is 19.5. The Morgan fingerprint density at radius 1 is 1.07 bits per heavy atom. The molecule has 8 nitrogen and oxygen atoms in total. The monoisotopic (exact) mass is 414 g/mol. The SMILES string of the molecule is O=C(CNS(=O)(=O)c1cccc2nonc12)N1CCC(Cc2ccccc2)CC1. The van der Waals surface area contributed by atoms with Gasteiger partial charge in [0.2, 0.25) is 15.9 Å². The maximum atomic E-state index is 12.6. The number of carbonyl (C=O) groups is 1. The largest absolute Gasteiger partial charge is 0.342 e. The molecule has 1 saturated heterocycles. The van der Waals surface area contributed by atoms with Crippen LogP contribution in [-0.4, -0.2) is 49.2 Å². The molecule has 0 spiro atoms. The van der Waals surface area contributed by atoms with Gasteiger partial charge in [0.15, 0.2) is 5.52 Å². The Bertz CT molecular complexity index is 1090. The van der Waals surface area contributed by atoms with Gasteiger partial charge in [-0.25, -0.2) is 17.8 Å². The minimum Gasteiger partial charge on any atom is -0.342 e. The third-order valence-electron chi connectivity index (χ3n) is 5.29. The number of nitrogens with one attached hydrogen (secondary N) is 1. The Labute approximate surface area is 168 Å². The van der Waals surface area contributed by atoms with Crippen LogP contribution in [0.15, 0.2) is 58.1 Å². The first-order valence-corrected chi connectivity index (χ1v) is 11.0. The molecule has 1 aromatic heterocycles. The van der Waals surface area contributed by atoms with E-state index in [1.54, 1.807) is 17.0 Å². The van der Waals surface area contributed by atoms with Gasteiger partial charge in [0.05, 0.1) is 6.54 Å². The van der Waals surface area contributed by atoms with Crippen LogP contribution < -0.4 is 4.72 Å². The van der Waals surface area contributed by atoms with Gasteiger partial charge in [-0.15, -0.1) is 0 Å². The average Bonchev–Trinajstić information content (AvgIpc) is 3.22. The Balaban J connectivity index is 1.31. The summed E-state index contributed by atoms with van der Waals surface area (Å²) in [6, 6.07) is 14.9. The molecule has 29 heavy (non-hydrogen) atoms. The van der Waals surface area contributed by atoms with E-state index in [0.717, 1.165) is 19.3 Å². The lowest BCUT2D eigenvalue weighted by atomic mass is 9.90. The zero-order chi connectivity index (χ0) is 20.3. The van der Waals surface area contributed by atoms with Gasteiger partial charge in [-0.2, -0.15) is 0 Å². The molecular weight excluding hydrogens is 392 g/mol. The summed E-state index contributed by atoms with van der Waals surface area (Å²) in [6.07, 6.45) is 2.83. The molecule has 152 valence electrons. The van der Waals surface area contributed by atoms with Gasteiger partial charge in [-0.1, -0.05) is 36.4 Å². The zero-order valence-corrected chi connectivity index (χ0v) is 16.6. The molecule has 0 bridgehead atoms. The fraction of sp³-hybridized carbons (Fsp3) is 0.350. The highest BCUT2D eigenvalue weighted by molar-refractivity contribution is 7.89. The van der Waals surface area contributed by atoms with Crippen LogP contribution in [0.25, 0.3) is 11.0 Å². The number of amides is 1. The van der Waals surface area contributed by atoms with Crippen LogP contribution in [0, 0.1) is 5.92 Å². The molecule has 0 aliphatic carbocycles. The van der Waals surface area contributed by atoms with Crippen molar-refractivity contribution in [2.24, 2.45) is 5.92 Å². The lowest BCUT2D eigenvalue weighted by Crippen LogP contribution is -2.44. The minimum atomic E-state index is -3.90. The number of nitrogens with zero attached hydrogens (tertiary/aromatic N) is 3. The molecule has 1 N–H and O–H groups in total. The summed E-state index contributed by atoms with van der Waals surface area (Å²) in [5.41, 5.74) is 1.80. The van der Waals surface area contributed by atoms with Crippen molar-refractivity contribution in [3.8, 4) is 0 Å². The van der Waals surface area contributed by atoms with Gasteiger partial charge in [-0.05, 0) is 53.2 Å². The molecule has 0 radical (unpaired) electrons. The van der Waals surface area contributed by atoms with Crippen molar-refractivity contribution >= 4 is 27.0 Å². The van der Waals surface area contributed by atoms with Gasteiger partial charge in [0, 0.05) is 13.1 Å². The summed E-state index contributed by atoms with van der Waals surface area (Å²) < 4.78 is 32.2. The molecule has 1 aliphatic rings. The highest BCUT2D eigenvalue weighted by atomic mass is 32.2. The second-order valence-electron chi connectivity index (χ2n) is 7.23. The summed E-state index contributed by atoms with van der Waals surface area (Å²) in [4.78, 5) is 14.2. The lowest BCUT2D eigenvalue weighted by molar-refractivity contribution is -0.131. The molecule has 2 aromatic carbocycles. The van der Waals surface area contributed by atoms with Crippen LogP contribution in [0.1, 0.15) is 18.4 Å². The molecule has 0 saturated carbocycles. The van der Waals surface area contributed by atoms with E-state index in [0.29, 0.717) is 24.5 Å². The van der Waals surface area contributed by atoms with Gasteiger partial charge in [-0.3, -0.25) is 4.79 Å². The molecule has 4 rings (SSSR count). The second-order valence-corrected chi connectivity index (χ2v) is 8.96. The maximum Gasteiger partial charge on any atom is 0.243 e. The molecule has 3 aromatic rings. The summed E-state index contributed by atoms with van der Waals surface area (Å²) in [5, 5.41) is 7.29. The quantitative estimate of drug-likeness (QED) is 0.661. The number of benzene rings is 2. The summed E-state index contributed by atoms with van der Waals surface area (Å²) in [7, 11) is -3.90. The minimum absolute atomic E-state index is 0.0504. The first-order chi connectivity index (χ1) is 14.0. The van der Waals surface area contributed by atoms with Crippen LogP contribution >= 0.6 is 0 Å². The van der Waals surface area contributed by atoms with Crippen molar-refractivity contribution in [2.75, 3.05) is 19.6 Å². The molecule has 9 heteroatoms. The zero-order valence-electron chi connectivity index (χ0n) is 15.8. The summed E-state index contributed by atoms with van der Waals surface area (Å²) in [6.45, 7) is 0.995. The van der Waals surface area contributed by atoms with Crippen molar-refractivity contribution in [3.05, 3.63) is 54.1 Å². The predicted molar refractivity (Wildman–Crippen MR) is 106 cm³/mol. The summed E-state index contributed by atoms with van der Waals surface area (Å²) in [5.74, 6) is 0.313. The number of fused-ring (bicyclic) bond motifs is 1. The fourth-order valence-electron chi connectivity index (χ4n) is 3.68. The Morgan fingerprint density at radius 2 is 1.83 bits per heavy atom. The van der Waals surface area contributed by atoms with E-state index < -0.39 is 10.0 Å². The molecule has 2 heterocycles. The van der Waals surface area contributed by atoms with Crippen molar-refractivity contribution in [2.45, 2.75) is 24.2 Å². The van der Waals surface area contributed by atoms with E-state index in [9.17, 15) is 13.2 Å². The van der Waals surface area contributed by atoms with Crippen LogP contribution in [0.3, 0.4) is 0 Å². The molecule has 0 unspecified atom stereocenters. The van der Waals surface area contributed by atoms with Gasteiger partial charge < -0.3 is 4.90 Å². The lowest BCUT2D eigenvalue weighted by Gasteiger charge is -2.32. The van der Waals surface area contributed by atoms with Crippen LogP contribution in [-0.2, 0) is 21.2 Å². The Kier molecular flexibility index (Phi) is 5.59. The molecular formula is C20H22N4O4S.